The summed E-state index contributed by atoms with van der Waals surface area (Å²) < 4.78 is 68.6. The lowest BCUT2D eigenvalue weighted by atomic mass is 10.2. The monoisotopic (exact) mass is 547 g/mol. The van der Waals surface area contributed by atoms with Gasteiger partial charge in [-0.05, 0) is 36.4 Å². The Hall–Kier alpha value is -2.58. The molecule has 0 unspecified atom stereocenters. The zero-order valence-electron chi connectivity index (χ0n) is 19.4. The summed E-state index contributed by atoms with van der Waals surface area (Å²) in [5.74, 6) is -0.171. The first-order chi connectivity index (χ1) is 16.5. The summed E-state index contributed by atoms with van der Waals surface area (Å²) >= 11 is 6.12. The van der Waals surface area contributed by atoms with Crippen molar-refractivity contribution in [3.8, 4) is 11.5 Å². The van der Waals surface area contributed by atoms with Gasteiger partial charge in [-0.3, -0.25) is 9.10 Å². The Kier molecular flexibility index (Phi) is 8.49. The van der Waals surface area contributed by atoms with Crippen LogP contribution in [0.1, 0.15) is 0 Å². The van der Waals surface area contributed by atoms with E-state index < -0.39 is 32.5 Å². The third kappa shape index (κ3) is 6.35. The number of nitrogens with one attached hydrogen (secondary N) is 1. The van der Waals surface area contributed by atoms with Crippen molar-refractivity contribution < 1.29 is 35.8 Å². The molecular weight excluding hydrogens is 522 g/mol. The van der Waals surface area contributed by atoms with Crippen molar-refractivity contribution in [1.82, 2.24) is 4.31 Å². The van der Waals surface area contributed by atoms with Gasteiger partial charge in [0.15, 0.2) is 0 Å². The molecule has 0 aliphatic carbocycles. The quantitative estimate of drug-likeness (QED) is 0.502. The molecule has 2 aromatic rings. The number of rotatable bonds is 9. The maximum absolute atomic E-state index is 13.0. The van der Waals surface area contributed by atoms with E-state index in [9.17, 15) is 21.6 Å². The minimum absolute atomic E-state index is 0.0441. The van der Waals surface area contributed by atoms with E-state index in [1.165, 1.54) is 54.9 Å². The number of methoxy groups -OCH3 is 2. The van der Waals surface area contributed by atoms with Crippen LogP contribution in [0.5, 0.6) is 11.5 Å². The Morgan fingerprint density at radius 3 is 2.26 bits per heavy atom. The van der Waals surface area contributed by atoms with Crippen LogP contribution < -0.4 is 19.1 Å². The topological polar surface area (TPSA) is 132 Å². The van der Waals surface area contributed by atoms with Crippen LogP contribution in [0.15, 0.2) is 41.3 Å². The van der Waals surface area contributed by atoms with Crippen molar-refractivity contribution in [3.05, 3.63) is 41.4 Å². The van der Waals surface area contributed by atoms with E-state index in [2.05, 4.69) is 5.32 Å². The van der Waals surface area contributed by atoms with Gasteiger partial charge < -0.3 is 19.5 Å². The highest BCUT2D eigenvalue weighted by Crippen LogP contribution is 2.31. The number of halogens is 1. The fourth-order valence-electron chi connectivity index (χ4n) is 3.41. The Labute approximate surface area is 209 Å². The molecule has 1 heterocycles. The van der Waals surface area contributed by atoms with E-state index in [1.54, 1.807) is 0 Å². The molecule has 1 amide bonds. The Morgan fingerprint density at radius 2 is 1.69 bits per heavy atom. The van der Waals surface area contributed by atoms with Gasteiger partial charge in [-0.15, -0.1) is 0 Å². The van der Waals surface area contributed by atoms with Crippen molar-refractivity contribution in [1.29, 1.82) is 0 Å². The molecule has 1 aliphatic heterocycles. The van der Waals surface area contributed by atoms with Crippen molar-refractivity contribution >= 4 is 48.9 Å². The van der Waals surface area contributed by atoms with Gasteiger partial charge in [-0.25, -0.2) is 16.8 Å². The van der Waals surface area contributed by atoms with Crippen LogP contribution >= 0.6 is 11.6 Å². The van der Waals surface area contributed by atoms with Gasteiger partial charge in [0.2, 0.25) is 26.0 Å². The molecule has 14 heteroatoms. The highest BCUT2D eigenvalue weighted by molar-refractivity contribution is 7.92. The summed E-state index contributed by atoms with van der Waals surface area (Å²) in [6.07, 6.45) is 0.953. The predicted octanol–water partition coefficient (Wildman–Crippen LogP) is 1.78. The summed E-state index contributed by atoms with van der Waals surface area (Å²) in [5.41, 5.74) is 0.233. The van der Waals surface area contributed by atoms with E-state index in [4.69, 9.17) is 25.8 Å². The largest absolute Gasteiger partial charge is 0.495 e. The molecule has 0 spiro atoms. The molecule has 0 saturated carbocycles. The van der Waals surface area contributed by atoms with Crippen LogP contribution in [0, 0.1) is 0 Å². The summed E-state index contributed by atoms with van der Waals surface area (Å²) in [6.45, 7) is 0.407. The summed E-state index contributed by atoms with van der Waals surface area (Å²) in [6, 6.07) is 8.37. The Balaban J connectivity index is 1.87. The van der Waals surface area contributed by atoms with Gasteiger partial charge in [0.25, 0.3) is 0 Å². The molecule has 3 rings (SSSR count). The molecule has 0 aromatic heterocycles. The SMILES string of the molecule is COc1ccc(N(CC(=O)Nc2cc(S(=O)(=O)N3CCOCC3)ccc2OC)S(C)(=O)=O)cc1Cl. The second-order valence-electron chi connectivity index (χ2n) is 7.52. The van der Waals surface area contributed by atoms with Crippen molar-refractivity contribution in [2.75, 3.05) is 62.9 Å². The van der Waals surface area contributed by atoms with E-state index in [0.29, 0.717) is 5.75 Å². The van der Waals surface area contributed by atoms with Crippen LogP contribution in [0.2, 0.25) is 5.02 Å². The molecule has 1 fully saturated rings. The zero-order chi connectivity index (χ0) is 25.8. The van der Waals surface area contributed by atoms with E-state index in [0.717, 1.165) is 10.6 Å². The number of carbonyl (C=O) groups excluding carboxylic acids is 1. The number of hydrogen-bond donors (Lipinski definition) is 1. The molecule has 35 heavy (non-hydrogen) atoms. The lowest BCUT2D eigenvalue weighted by Crippen LogP contribution is -2.40. The van der Waals surface area contributed by atoms with Crippen LogP contribution in [0.3, 0.4) is 0 Å². The second-order valence-corrected chi connectivity index (χ2v) is 11.8. The van der Waals surface area contributed by atoms with Gasteiger partial charge in [-0.2, -0.15) is 4.31 Å². The summed E-state index contributed by atoms with van der Waals surface area (Å²) in [7, 11) is -4.92. The molecule has 11 nitrogen and oxygen atoms in total. The van der Waals surface area contributed by atoms with Gasteiger partial charge in [-0.1, -0.05) is 11.6 Å². The van der Waals surface area contributed by atoms with Crippen molar-refractivity contribution in [2.45, 2.75) is 4.90 Å². The number of amides is 1. The number of sulfonamides is 2. The normalized spacial score (nSPS) is 14.9. The average molecular weight is 548 g/mol. The molecule has 1 N–H and O–H groups in total. The smallest absolute Gasteiger partial charge is 0.245 e. The van der Waals surface area contributed by atoms with Crippen LogP contribution in [-0.2, 0) is 29.6 Å². The highest BCUT2D eigenvalue weighted by atomic mass is 35.5. The first-order valence-corrected chi connectivity index (χ1v) is 14.0. The Morgan fingerprint density at radius 1 is 1.06 bits per heavy atom. The van der Waals surface area contributed by atoms with Crippen molar-refractivity contribution in [2.24, 2.45) is 0 Å². The third-order valence-electron chi connectivity index (χ3n) is 5.16. The summed E-state index contributed by atoms with van der Waals surface area (Å²) in [4.78, 5) is 12.8. The lowest BCUT2D eigenvalue weighted by Gasteiger charge is -2.26. The fourth-order valence-corrected chi connectivity index (χ4v) is 5.95. The van der Waals surface area contributed by atoms with E-state index >= 15 is 0 Å². The van der Waals surface area contributed by atoms with Crippen molar-refractivity contribution in [3.63, 3.8) is 0 Å². The molecule has 0 radical (unpaired) electrons. The molecule has 1 aliphatic rings. The maximum atomic E-state index is 13.0. The first kappa shape index (κ1) is 27.0. The highest BCUT2D eigenvalue weighted by Gasteiger charge is 2.28. The number of morpholine rings is 1. The van der Waals surface area contributed by atoms with Gasteiger partial charge in [0.1, 0.15) is 18.0 Å². The third-order valence-corrected chi connectivity index (χ3v) is 8.49. The zero-order valence-corrected chi connectivity index (χ0v) is 21.7. The lowest BCUT2D eigenvalue weighted by molar-refractivity contribution is -0.114. The fraction of sp³-hybridized carbons (Fsp3) is 0.381. The van der Waals surface area contributed by atoms with E-state index in [-0.39, 0.29) is 53.3 Å². The summed E-state index contributed by atoms with van der Waals surface area (Å²) in [5, 5.41) is 2.72. The number of hydrogen-bond acceptors (Lipinski definition) is 8. The van der Waals surface area contributed by atoms with Crippen LogP contribution in [-0.4, -0.2) is 80.4 Å². The minimum atomic E-state index is -3.88. The molecular formula is C21H26ClN3O8S2. The van der Waals surface area contributed by atoms with Gasteiger partial charge in [0.05, 0.1) is 55.0 Å². The molecule has 2 aromatic carbocycles. The maximum Gasteiger partial charge on any atom is 0.245 e. The minimum Gasteiger partial charge on any atom is -0.495 e. The number of carbonyl (C=O) groups is 1. The first-order valence-electron chi connectivity index (χ1n) is 10.3. The standard InChI is InChI=1S/C21H26ClN3O8S2/c1-31-19-6-4-15(12-17(19)22)25(34(3,27)28)14-21(26)23-18-13-16(5-7-20(18)32-2)35(29,30)24-8-10-33-11-9-24/h4-7,12-13H,8-11,14H2,1-3H3,(H,23,26). The van der Waals surface area contributed by atoms with E-state index in [1.807, 2.05) is 0 Å². The average Bonchev–Trinajstić information content (AvgIpc) is 2.82. The number of ether oxygens (including phenoxy) is 3. The number of nitrogens with zero attached hydrogens (tertiary/aromatic N) is 2. The number of benzene rings is 2. The molecule has 192 valence electrons. The van der Waals surface area contributed by atoms with Gasteiger partial charge in [0, 0.05) is 13.1 Å². The number of anilines is 2. The second kappa shape index (κ2) is 11.0. The molecule has 0 atom stereocenters. The van der Waals surface area contributed by atoms with Crippen LogP contribution in [0.25, 0.3) is 0 Å². The van der Waals surface area contributed by atoms with Gasteiger partial charge >= 0.3 is 0 Å². The predicted molar refractivity (Wildman–Crippen MR) is 131 cm³/mol. The Bertz CT molecular complexity index is 1300. The molecule has 0 bridgehead atoms. The van der Waals surface area contributed by atoms with Crippen LogP contribution in [0.4, 0.5) is 11.4 Å². The molecule has 1 saturated heterocycles.